The number of anilines is 1. The van der Waals surface area contributed by atoms with Crippen LogP contribution < -0.4 is 5.32 Å². The first-order valence-electron chi connectivity index (χ1n) is 5.34. The normalized spacial score (nSPS) is 10.3. The van der Waals surface area contributed by atoms with Gasteiger partial charge in [0.05, 0.1) is 0 Å². The van der Waals surface area contributed by atoms with E-state index in [0.717, 1.165) is 19.7 Å². The van der Waals surface area contributed by atoms with Crippen LogP contribution in [0.25, 0.3) is 0 Å². The largest absolute Gasteiger partial charge is 0.357 e. The molecule has 0 atom stereocenters. The van der Waals surface area contributed by atoms with Gasteiger partial charge >= 0.3 is 0 Å². The second-order valence-corrected chi connectivity index (χ2v) is 6.48. The van der Waals surface area contributed by atoms with Crippen LogP contribution in [0.15, 0.2) is 45.7 Å². The van der Waals surface area contributed by atoms with E-state index in [1.54, 1.807) is 29.2 Å². The smallest absolute Gasteiger partial charge is 0.206 e. The summed E-state index contributed by atoms with van der Waals surface area (Å²) in [5, 5.41) is 12.2. The van der Waals surface area contributed by atoms with Crippen molar-refractivity contribution in [3.8, 4) is 0 Å². The molecule has 0 saturated heterocycles. The number of thioether (sulfide) groups is 1. The summed E-state index contributed by atoms with van der Waals surface area (Å²) in [7, 11) is 0. The average molecular weight is 342 g/mol. The predicted octanol–water partition coefficient (Wildman–Crippen LogP) is 4.19. The zero-order chi connectivity index (χ0) is 12.8. The van der Waals surface area contributed by atoms with Crippen LogP contribution in [0, 0.1) is 0 Å². The van der Waals surface area contributed by atoms with Gasteiger partial charge < -0.3 is 5.32 Å². The van der Waals surface area contributed by atoms with E-state index in [2.05, 4.69) is 44.1 Å². The van der Waals surface area contributed by atoms with E-state index in [9.17, 15) is 0 Å². The number of nitrogens with zero attached hydrogens (tertiary/aromatic N) is 2. The van der Waals surface area contributed by atoms with Crippen LogP contribution in [0.3, 0.4) is 0 Å². The van der Waals surface area contributed by atoms with Crippen LogP contribution >= 0.6 is 39.0 Å². The lowest BCUT2D eigenvalue weighted by Gasteiger charge is -2.01. The Labute approximate surface area is 123 Å². The zero-order valence-corrected chi connectivity index (χ0v) is 12.8. The SMILES string of the molecule is C=CCNc1nnc(SCc2ccccc2Br)s1. The lowest BCUT2D eigenvalue weighted by molar-refractivity contribution is 1.01. The maximum absolute atomic E-state index is 4.13. The van der Waals surface area contributed by atoms with Gasteiger partial charge in [-0.15, -0.1) is 16.8 Å². The molecule has 0 radical (unpaired) electrons. The van der Waals surface area contributed by atoms with Gasteiger partial charge in [0, 0.05) is 16.8 Å². The van der Waals surface area contributed by atoms with Gasteiger partial charge in [-0.3, -0.25) is 0 Å². The van der Waals surface area contributed by atoms with E-state index in [1.165, 1.54) is 5.56 Å². The van der Waals surface area contributed by atoms with E-state index < -0.39 is 0 Å². The van der Waals surface area contributed by atoms with Crippen LogP contribution in [0.1, 0.15) is 5.56 Å². The molecule has 1 aromatic heterocycles. The molecule has 1 N–H and O–H groups in total. The van der Waals surface area contributed by atoms with E-state index in [0.29, 0.717) is 6.54 Å². The predicted molar refractivity (Wildman–Crippen MR) is 82.3 cm³/mol. The molecule has 1 heterocycles. The molecule has 3 nitrogen and oxygen atoms in total. The number of aromatic nitrogens is 2. The number of rotatable bonds is 6. The average Bonchev–Trinajstić information content (AvgIpc) is 2.83. The Morgan fingerprint density at radius 3 is 3.00 bits per heavy atom. The van der Waals surface area contributed by atoms with Gasteiger partial charge in [-0.1, -0.05) is 63.3 Å². The molecule has 18 heavy (non-hydrogen) atoms. The van der Waals surface area contributed by atoms with E-state index in [1.807, 2.05) is 18.2 Å². The van der Waals surface area contributed by atoms with Gasteiger partial charge in [-0.25, -0.2) is 0 Å². The van der Waals surface area contributed by atoms with Crippen molar-refractivity contribution in [3.05, 3.63) is 47.0 Å². The molecule has 0 aliphatic carbocycles. The van der Waals surface area contributed by atoms with Crippen molar-refractivity contribution in [1.82, 2.24) is 10.2 Å². The molecule has 1 aromatic carbocycles. The quantitative estimate of drug-likeness (QED) is 0.631. The standard InChI is InChI=1S/C12H12BrN3S2/c1-2-7-14-11-15-16-12(18-11)17-8-9-5-3-4-6-10(9)13/h2-6H,1,7-8H2,(H,14,15). The lowest BCUT2D eigenvalue weighted by atomic mass is 10.2. The molecule has 0 saturated carbocycles. The van der Waals surface area contributed by atoms with Crippen LogP contribution in [-0.4, -0.2) is 16.7 Å². The Balaban J connectivity index is 1.92. The highest BCUT2D eigenvalue weighted by atomic mass is 79.9. The van der Waals surface area contributed by atoms with Crippen LogP contribution in [-0.2, 0) is 5.75 Å². The molecular weight excluding hydrogens is 330 g/mol. The molecule has 0 unspecified atom stereocenters. The van der Waals surface area contributed by atoms with Crippen LogP contribution in [0.5, 0.6) is 0 Å². The Hall–Kier alpha value is -0.850. The maximum Gasteiger partial charge on any atom is 0.206 e. The first kappa shape index (κ1) is 13.6. The molecule has 0 bridgehead atoms. The summed E-state index contributed by atoms with van der Waals surface area (Å²) in [5.74, 6) is 0.886. The summed E-state index contributed by atoms with van der Waals surface area (Å²) < 4.78 is 2.10. The van der Waals surface area contributed by atoms with Crippen molar-refractivity contribution in [2.75, 3.05) is 11.9 Å². The zero-order valence-electron chi connectivity index (χ0n) is 9.60. The minimum atomic E-state index is 0.712. The molecule has 94 valence electrons. The molecule has 2 rings (SSSR count). The summed E-state index contributed by atoms with van der Waals surface area (Å²) in [5.41, 5.74) is 1.26. The summed E-state index contributed by atoms with van der Waals surface area (Å²) >= 11 is 6.80. The van der Waals surface area contributed by atoms with Crippen molar-refractivity contribution < 1.29 is 0 Å². The summed E-state index contributed by atoms with van der Waals surface area (Å²) in [6, 6.07) is 8.21. The molecule has 0 spiro atoms. The van der Waals surface area contributed by atoms with Crippen molar-refractivity contribution in [2.45, 2.75) is 10.1 Å². The Morgan fingerprint density at radius 2 is 2.22 bits per heavy atom. The van der Waals surface area contributed by atoms with Crippen LogP contribution in [0.2, 0.25) is 0 Å². The van der Waals surface area contributed by atoms with Crippen LogP contribution in [0.4, 0.5) is 5.13 Å². The Kier molecular flexibility index (Phi) is 5.22. The minimum absolute atomic E-state index is 0.712. The number of halogens is 1. The molecule has 2 aromatic rings. The Bertz CT molecular complexity index is 528. The fourth-order valence-electron chi connectivity index (χ4n) is 1.25. The molecule has 0 fully saturated rings. The summed E-state index contributed by atoms with van der Waals surface area (Å²) in [6.07, 6.45) is 1.80. The minimum Gasteiger partial charge on any atom is -0.357 e. The van der Waals surface area contributed by atoms with Gasteiger partial charge in [0.2, 0.25) is 5.13 Å². The van der Waals surface area contributed by atoms with E-state index >= 15 is 0 Å². The molecule has 0 aliphatic rings. The van der Waals surface area contributed by atoms with E-state index in [4.69, 9.17) is 0 Å². The first-order chi connectivity index (χ1) is 8.79. The highest BCUT2D eigenvalue weighted by molar-refractivity contribution is 9.10. The van der Waals surface area contributed by atoms with Gasteiger partial charge in [0.15, 0.2) is 4.34 Å². The topological polar surface area (TPSA) is 37.8 Å². The maximum atomic E-state index is 4.13. The molecule has 0 amide bonds. The van der Waals surface area contributed by atoms with Gasteiger partial charge in [-0.05, 0) is 11.6 Å². The highest BCUT2D eigenvalue weighted by Gasteiger charge is 2.05. The Morgan fingerprint density at radius 1 is 1.39 bits per heavy atom. The third-order valence-corrected chi connectivity index (χ3v) is 4.95. The molecular formula is C12H12BrN3S2. The van der Waals surface area contributed by atoms with Gasteiger partial charge in [0.25, 0.3) is 0 Å². The second-order valence-electron chi connectivity index (χ2n) is 3.42. The fraction of sp³-hybridized carbons (Fsp3) is 0.167. The van der Waals surface area contributed by atoms with E-state index in [-0.39, 0.29) is 0 Å². The monoisotopic (exact) mass is 341 g/mol. The molecule has 6 heteroatoms. The van der Waals surface area contributed by atoms with Crippen molar-refractivity contribution in [1.29, 1.82) is 0 Å². The third-order valence-electron chi connectivity index (χ3n) is 2.11. The number of hydrogen-bond donors (Lipinski definition) is 1. The summed E-state index contributed by atoms with van der Waals surface area (Å²) in [6.45, 7) is 4.36. The lowest BCUT2D eigenvalue weighted by Crippen LogP contribution is -1.96. The number of hydrogen-bond acceptors (Lipinski definition) is 5. The van der Waals surface area contributed by atoms with Crippen molar-refractivity contribution in [3.63, 3.8) is 0 Å². The second kappa shape index (κ2) is 6.92. The first-order valence-corrected chi connectivity index (χ1v) is 7.93. The van der Waals surface area contributed by atoms with Crippen molar-refractivity contribution in [2.24, 2.45) is 0 Å². The van der Waals surface area contributed by atoms with Crippen molar-refractivity contribution >= 4 is 44.2 Å². The molecule has 0 aliphatic heterocycles. The fourth-order valence-corrected chi connectivity index (χ4v) is 3.63. The third kappa shape index (κ3) is 3.83. The number of nitrogens with one attached hydrogen (secondary N) is 1. The highest BCUT2D eigenvalue weighted by Crippen LogP contribution is 2.30. The number of benzene rings is 1. The van der Waals surface area contributed by atoms with Gasteiger partial charge in [-0.2, -0.15) is 0 Å². The van der Waals surface area contributed by atoms with Gasteiger partial charge in [0.1, 0.15) is 0 Å². The summed E-state index contributed by atoms with van der Waals surface area (Å²) in [4.78, 5) is 0.